The van der Waals surface area contributed by atoms with Crippen LogP contribution in [0.2, 0.25) is 0 Å². The van der Waals surface area contributed by atoms with E-state index in [1.165, 1.54) is 0 Å². The Morgan fingerprint density at radius 2 is 1.60 bits per heavy atom. The normalized spacial score (nSPS) is 13.5. The van der Waals surface area contributed by atoms with Crippen molar-refractivity contribution in [3.8, 4) is 5.75 Å². The van der Waals surface area contributed by atoms with Crippen molar-refractivity contribution in [2.24, 2.45) is 11.8 Å². The number of hydrogen-bond donors (Lipinski definition) is 4. The third-order valence-corrected chi connectivity index (χ3v) is 6.83. The Kier molecular flexibility index (Phi) is 13.8. The molecular weight excluding hydrogens is 532 g/mol. The van der Waals surface area contributed by atoms with Crippen molar-refractivity contribution in [2.45, 2.75) is 85.0 Å². The number of rotatable bonds is 15. The highest BCUT2D eigenvalue weighted by atomic mass is 16.5. The van der Waals surface area contributed by atoms with Crippen LogP contribution >= 0.6 is 0 Å². The minimum absolute atomic E-state index is 0.00461. The summed E-state index contributed by atoms with van der Waals surface area (Å²) in [5.41, 5.74) is 1.43. The fraction of sp³-hybridized carbons (Fsp3) is 0.545. The van der Waals surface area contributed by atoms with E-state index in [4.69, 9.17) is 4.74 Å². The van der Waals surface area contributed by atoms with Gasteiger partial charge in [-0.25, -0.2) is 4.79 Å². The second-order valence-corrected chi connectivity index (χ2v) is 12.4. The summed E-state index contributed by atoms with van der Waals surface area (Å²) in [6, 6.07) is 16.1. The first-order chi connectivity index (χ1) is 19.8. The molecule has 0 saturated heterocycles. The number of aliphatic hydroxyl groups excluding tert-OH is 1. The second kappa shape index (κ2) is 16.8. The Morgan fingerprint density at radius 3 is 2.17 bits per heavy atom. The van der Waals surface area contributed by atoms with Gasteiger partial charge in [0.1, 0.15) is 5.75 Å². The van der Waals surface area contributed by atoms with Gasteiger partial charge in [0.05, 0.1) is 25.8 Å². The predicted octanol–water partition coefficient (Wildman–Crippen LogP) is 4.28. The molecule has 9 nitrogen and oxygen atoms in total. The van der Waals surface area contributed by atoms with Crippen molar-refractivity contribution in [3.05, 3.63) is 65.7 Å². The van der Waals surface area contributed by atoms with E-state index in [0.29, 0.717) is 25.4 Å². The van der Waals surface area contributed by atoms with Crippen molar-refractivity contribution >= 4 is 17.8 Å². The molecule has 0 fully saturated rings. The van der Waals surface area contributed by atoms with E-state index >= 15 is 0 Å². The highest BCUT2D eigenvalue weighted by Crippen LogP contribution is 2.14. The number of ether oxygens (including phenoxy) is 1. The Balaban J connectivity index is 2.08. The number of nitrogens with one attached hydrogen (secondary N) is 3. The first-order valence-electron chi connectivity index (χ1n) is 14.8. The SMILES string of the molecule is COc1ccc(CNC(=O)C[C@@H](C)C(=O)N[C@@H](Cc2ccccc2)[C@H](O)CN(CCC(C)C)C(=O)NC(C)(C)C)cc1. The molecule has 0 aliphatic carbocycles. The maximum atomic E-state index is 13.2. The van der Waals surface area contributed by atoms with Gasteiger partial charge in [-0.15, -0.1) is 0 Å². The molecule has 0 bridgehead atoms. The van der Waals surface area contributed by atoms with Crippen LogP contribution in [0.15, 0.2) is 54.6 Å². The lowest BCUT2D eigenvalue weighted by Gasteiger charge is -2.33. The quantitative estimate of drug-likeness (QED) is 0.250. The van der Waals surface area contributed by atoms with Crippen LogP contribution in [0.1, 0.15) is 65.5 Å². The number of carbonyl (C=O) groups excluding carboxylic acids is 3. The van der Waals surface area contributed by atoms with Gasteiger partial charge in [0.25, 0.3) is 0 Å². The van der Waals surface area contributed by atoms with Crippen molar-refractivity contribution in [3.63, 3.8) is 0 Å². The monoisotopic (exact) mass is 582 g/mol. The smallest absolute Gasteiger partial charge is 0.317 e. The number of nitrogens with zero attached hydrogens (tertiary/aromatic N) is 1. The molecule has 0 aromatic heterocycles. The average molecular weight is 583 g/mol. The molecule has 4 N–H and O–H groups in total. The third kappa shape index (κ3) is 12.9. The molecule has 2 aromatic rings. The highest BCUT2D eigenvalue weighted by Gasteiger charge is 2.29. The van der Waals surface area contributed by atoms with E-state index in [2.05, 4.69) is 29.8 Å². The number of hydrogen-bond acceptors (Lipinski definition) is 5. The zero-order valence-corrected chi connectivity index (χ0v) is 26.3. The predicted molar refractivity (Wildman–Crippen MR) is 166 cm³/mol. The summed E-state index contributed by atoms with van der Waals surface area (Å²) in [7, 11) is 1.60. The van der Waals surface area contributed by atoms with Gasteiger partial charge in [-0.05, 0) is 62.8 Å². The van der Waals surface area contributed by atoms with Crippen LogP contribution in [0.5, 0.6) is 5.75 Å². The molecule has 0 aliphatic rings. The fourth-order valence-corrected chi connectivity index (χ4v) is 4.31. The first kappa shape index (κ1) is 34.6. The molecule has 232 valence electrons. The maximum absolute atomic E-state index is 13.2. The largest absolute Gasteiger partial charge is 0.497 e. The lowest BCUT2D eigenvalue weighted by atomic mass is 9.98. The van der Waals surface area contributed by atoms with E-state index in [0.717, 1.165) is 23.3 Å². The highest BCUT2D eigenvalue weighted by molar-refractivity contribution is 5.85. The Labute approximate surface area is 251 Å². The van der Waals surface area contributed by atoms with Crippen LogP contribution in [0, 0.1) is 11.8 Å². The van der Waals surface area contributed by atoms with Gasteiger partial charge in [0.2, 0.25) is 11.8 Å². The minimum Gasteiger partial charge on any atom is -0.497 e. The van der Waals surface area contributed by atoms with Gasteiger partial charge in [-0.1, -0.05) is 63.2 Å². The topological polar surface area (TPSA) is 120 Å². The summed E-state index contributed by atoms with van der Waals surface area (Å²) in [6.45, 7) is 12.5. The summed E-state index contributed by atoms with van der Waals surface area (Å²) in [4.78, 5) is 40.6. The number of aliphatic hydroxyl groups is 1. The van der Waals surface area contributed by atoms with Crippen LogP contribution in [0.25, 0.3) is 0 Å². The molecule has 0 radical (unpaired) electrons. The number of methoxy groups -OCH3 is 1. The van der Waals surface area contributed by atoms with Gasteiger partial charge in [-0.3, -0.25) is 9.59 Å². The van der Waals surface area contributed by atoms with Gasteiger partial charge in [0.15, 0.2) is 0 Å². The summed E-state index contributed by atoms with van der Waals surface area (Å²) < 4.78 is 5.16. The first-order valence-corrected chi connectivity index (χ1v) is 14.8. The molecule has 4 amide bonds. The molecular formula is C33H50N4O5. The molecule has 0 saturated carbocycles. The Morgan fingerprint density at radius 1 is 0.952 bits per heavy atom. The maximum Gasteiger partial charge on any atom is 0.317 e. The standard InChI is InChI=1S/C33H50N4O5/c1-23(2)17-18-37(32(41)36-33(4,5)6)22-29(38)28(20-25-11-9-8-10-12-25)35-31(40)24(3)19-30(39)34-21-26-13-15-27(42-7)16-14-26/h8-16,23-24,28-29,38H,17-22H2,1-7H3,(H,34,39)(H,35,40)(H,36,41)/t24-,28+,29-/m1/s1. The van der Waals surface area contributed by atoms with Crippen LogP contribution in [0.4, 0.5) is 4.79 Å². The molecule has 0 unspecified atom stereocenters. The van der Waals surface area contributed by atoms with Gasteiger partial charge >= 0.3 is 6.03 Å². The molecule has 2 rings (SSSR count). The molecule has 42 heavy (non-hydrogen) atoms. The fourth-order valence-electron chi connectivity index (χ4n) is 4.31. The van der Waals surface area contributed by atoms with E-state index < -0.39 is 23.6 Å². The second-order valence-electron chi connectivity index (χ2n) is 12.4. The molecule has 0 aliphatic heterocycles. The minimum atomic E-state index is -1.02. The summed E-state index contributed by atoms with van der Waals surface area (Å²) in [5.74, 6) is -0.0773. The zero-order valence-electron chi connectivity index (χ0n) is 26.3. The average Bonchev–Trinajstić information content (AvgIpc) is 2.93. The summed E-state index contributed by atoms with van der Waals surface area (Å²) >= 11 is 0. The summed E-state index contributed by atoms with van der Waals surface area (Å²) in [5, 5.41) is 20.2. The molecule has 0 heterocycles. The van der Waals surface area contributed by atoms with Crippen LogP contribution in [0.3, 0.4) is 0 Å². The Hall–Kier alpha value is -3.59. The molecule has 2 aromatic carbocycles. The molecule has 0 spiro atoms. The van der Waals surface area contributed by atoms with Crippen LogP contribution < -0.4 is 20.7 Å². The third-order valence-electron chi connectivity index (χ3n) is 6.83. The van der Waals surface area contributed by atoms with Crippen LogP contribution in [-0.2, 0) is 22.6 Å². The van der Waals surface area contributed by atoms with Crippen molar-refractivity contribution in [1.29, 1.82) is 0 Å². The number of carbonyl (C=O) groups is 3. The van der Waals surface area contributed by atoms with Crippen molar-refractivity contribution in [2.75, 3.05) is 20.2 Å². The van der Waals surface area contributed by atoms with E-state index in [1.54, 1.807) is 18.9 Å². The van der Waals surface area contributed by atoms with E-state index in [9.17, 15) is 19.5 Å². The number of amides is 4. The van der Waals surface area contributed by atoms with Crippen LogP contribution in [-0.4, -0.2) is 65.7 Å². The zero-order chi connectivity index (χ0) is 31.3. The van der Waals surface area contributed by atoms with Crippen molar-refractivity contribution in [1.82, 2.24) is 20.9 Å². The molecule has 3 atom stereocenters. The number of urea groups is 1. The lowest BCUT2D eigenvalue weighted by Crippen LogP contribution is -2.55. The number of benzene rings is 2. The van der Waals surface area contributed by atoms with Gasteiger partial charge in [-0.2, -0.15) is 0 Å². The van der Waals surface area contributed by atoms with Gasteiger partial charge in [0, 0.05) is 31.0 Å². The van der Waals surface area contributed by atoms with Gasteiger partial charge < -0.3 is 30.7 Å². The molecule has 9 heteroatoms. The lowest BCUT2D eigenvalue weighted by molar-refractivity contribution is -0.130. The Bertz CT molecular complexity index is 1120. The van der Waals surface area contributed by atoms with E-state index in [-0.39, 0.29) is 30.8 Å². The van der Waals surface area contributed by atoms with E-state index in [1.807, 2.05) is 75.4 Å². The van der Waals surface area contributed by atoms with Crippen molar-refractivity contribution < 1.29 is 24.2 Å². The summed E-state index contributed by atoms with van der Waals surface area (Å²) in [6.07, 6.45) is 0.138.